The van der Waals surface area contributed by atoms with Gasteiger partial charge in [0.05, 0.1) is 0 Å². The molecule has 4 rings (SSSR count). The fourth-order valence-electron chi connectivity index (χ4n) is 7.05. The molecule has 0 aromatic heterocycles. The average molecular weight is 375 g/mol. The third-order valence-electron chi connectivity index (χ3n) is 8.22. The zero-order valence-corrected chi connectivity index (χ0v) is 16.9. The quantitative estimate of drug-likeness (QED) is 0.499. The van der Waals surface area contributed by atoms with Crippen molar-refractivity contribution >= 4 is 0 Å². The van der Waals surface area contributed by atoms with E-state index in [0.29, 0.717) is 0 Å². The predicted octanol–water partition coefficient (Wildman–Crippen LogP) is 7.56. The molecule has 0 N–H and O–H groups in total. The van der Waals surface area contributed by atoms with Crippen molar-refractivity contribution in [2.75, 3.05) is 0 Å². The fourth-order valence-corrected chi connectivity index (χ4v) is 7.05. The van der Waals surface area contributed by atoms with Crippen LogP contribution < -0.4 is 0 Å². The van der Waals surface area contributed by atoms with Crippen LogP contribution in [-0.4, -0.2) is 0 Å². The SMILES string of the molecule is CCCC1CCC2C(CCC3CC(CCc4cc(F)cc(F)c4)CCC32)C1. The van der Waals surface area contributed by atoms with E-state index in [0.717, 1.165) is 60.0 Å². The Balaban J connectivity index is 1.30. The highest BCUT2D eigenvalue weighted by Crippen LogP contribution is 2.54. The number of hydrogen-bond donors (Lipinski definition) is 0. The summed E-state index contributed by atoms with van der Waals surface area (Å²) in [7, 11) is 0. The molecule has 3 saturated carbocycles. The molecule has 3 fully saturated rings. The van der Waals surface area contributed by atoms with Crippen LogP contribution in [0, 0.1) is 47.1 Å². The van der Waals surface area contributed by atoms with E-state index in [4.69, 9.17) is 0 Å². The summed E-state index contributed by atoms with van der Waals surface area (Å²) in [5.41, 5.74) is 0.826. The van der Waals surface area contributed by atoms with Crippen molar-refractivity contribution in [3.05, 3.63) is 35.4 Å². The number of hydrogen-bond acceptors (Lipinski definition) is 0. The smallest absolute Gasteiger partial charge is 0.126 e. The summed E-state index contributed by atoms with van der Waals surface area (Å²) in [6.45, 7) is 2.34. The molecule has 3 aliphatic rings. The Kier molecular flexibility index (Phi) is 6.19. The first-order valence-electron chi connectivity index (χ1n) is 11.6. The maximum Gasteiger partial charge on any atom is 0.126 e. The van der Waals surface area contributed by atoms with Crippen LogP contribution in [0.2, 0.25) is 0 Å². The van der Waals surface area contributed by atoms with Crippen molar-refractivity contribution in [2.45, 2.75) is 84.0 Å². The van der Waals surface area contributed by atoms with Crippen molar-refractivity contribution in [3.8, 4) is 0 Å². The predicted molar refractivity (Wildman–Crippen MR) is 107 cm³/mol. The number of aryl methyl sites for hydroxylation is 1. The van der Waals surface area contributed by atoms with E-state index in [1.54, 1.807) is 0 Å². The highest BCUT2D eigenvalue weighted by atomic mass is 19.1. The molecule has 2 heteroatoms. The van der Waals surface area contributed by atoms with Gasteiger partial charge in [0.2, 0.25) is 0 Å². The third kappa shape index (κ3) is 4.57. The first kappa shape index (κ1) is 19.4. The van der Waals surface area contributed by atoms with Gasteiger partial charge in [-0.25, -0.2) is 8.78 Å². The molecule has 27 heavy (non-hydrogen) atoms. The van der Waals surface area contributed by atoms with E-state index in [1.807, 2.05) is 0 Å². The molecule has 0 heterocycles. The molecular weight excluding hydrogens is 338 g/mol. The van der Waals surface area contributed by atoms with Gasteiger partial charge < -0.3 is 0 Å². The zero-order chi connectivity index (χ0) is 18.8. The number of fused-ring (bicyclic) bond motifs is 3. The Labute approximate surface area is 164 Å². The molecule has 0 amide bonds. The summed E-state index contributed by atoms with van der Waals surface area (Å²) >= 11 is 0. The van der Waals surface area contributed by atoms with Crippen LogP contribution in [-0.2, 0) is 6.42 Å². The minimum Gasteiger partial charge on any atom is -0.207 e. The first-order valence-corrected chi connectivity index (χ1v) is 11.6. The second kappa shape index (κ2) is 8.62. The van der Waals surface area contributed by atoms with E-state index in [9.17, 15) is 8.78 Å². The topological polar surface area (TPSA) is 0 Å². The Morgan fingerprint density at radius 1 is 0.741 bits per heavy atom. The second-order valence-corrected chi connectivity index (χ2v) is 9.89. The van der Waals surface area contributed by atoms with Gasteiger partial charge in [0.25, 0.3) is 0 Å². The number of halogens is 2. The average Bonchev–Trinajstić information content (AvgIpc) is 2.65. The lowest BCUT2D eigenvalue weighted by molar-refractivity contribution is -0.00405. The van der Waals surface area contributed by atoms with Crippen LogP contribution in [0.5, 0.6) is 0 Å². The van der Waals surface area contributed by atoms with Gasteiger partial charge >= 0.3 is 0 Å². The highest BCUT2D eigenvalue weighted by molar-refractivity contribution is 5.18. The molecule has 0 bridgehead atoms. The Hall–Kier alpha value is -0.920. The number of rotatable bonds is 5. The van der Waals surface area contributed by atoms with E-state index < -0.39 is 11.6 Å². The molecule has 1 aromatic rings. The lowest BCUT2D eigenvalue weighted by Gasteiger charge is -2.51. The van der Waals surface area contributed by atoms with Crippen LogP contribution in [0.4, 0.5) is 8.78 Å². The van der Waals surface area contributed by atoms with Gasteiger partial charge in [0.15, 0.2) is 0 Å². The van der Waals surface area contributed by atoms with Gasteiger partial charge in [-0.05, 0) is 105 Å². The van der Waals surface area contributed by atoms with Crippen molar-refractivity contribution in [3.63, 3.8) is 0 Å². The van der Waals surface area contributed by atoms with E-state index in [-0.39, 0.29) is 0 Å². The summed E-state index contributed by atoms with van der Waals surface area (Å²) in [6.07, 6.45) is 16.2. The van der Waals surface area contributed by atoms with Gasteiger partial charge in [0, 0.05) is 6.07 Å². The van der Waals surface area contributed by atoms with Crippen LogP contribution >= 0.6 is 0 Å². The molecule has 150 valence electrons. The van der Waals surface area contributed by atoms with Crippen LogP contribution in [0.25, 0.3) is 0 Å². The van der Waals surface area contributed by atoms with Crippen molar-refractivity contribution in [2.24, 2.45) is 35.5 Å². The van der Waals surface area contributed by atoms with Crippen LogP contribution in [0.15, 0.2) is 18.2 Å². The molecule has 0 spiro atoms. The lowest BCUT2D eigenvalue weighted by atomic mass is 9.55. The Morgan fingerprint density at radius 2 is 1.30 bits per heavy atom. The van der Waals surface area contributed by atoms with E-state index in [1.165, 1.54) is 76.3 Å². The normalized spacial score (nSPS) is 36.1. The van der Waals surface area contributed by atoms with Crippen molar-refractivity contribution in [1.82, 2.24) is 0 Å². The van der Waals surface area contributed by atoms with Gasteiger partial charge in [0.1, 0.15) is 11.6 Å². The Morgan fingerprint density at radius 3 is 1.85 bits per heavy atom. The van der Waals surface area contributed by atoms with Crippen LogP contribution in [0.3, 0.4) is 0 Å². The molecule has 6 unspecified atom stereocenters. The Bertz CT molecular complexity index is 604. The summed E-state index contributed by atoms with van der Waals surface area (Å²) in [4.78, 5) is 0. The van der Waals surface area contributed by atoms with Gasteiger partial charge in [-0.1, -0.05) is 32.6 Å². The maximum atomic E-state index is 13.4. The summed E-state index contributed by atoms with van der Waals surface area (Å²) in [5, 5.41) is 0. The molecule has 6 atom stereocenters. The number of benzene rings is 1. The molecule has 0 aliphatic heterocycles. The van der Waals surface area contributed by atoms with E-state index >= 15 is 0 Å². The van der Waals surface area contributed by atoms with Gasteiger partial charge in [-0.3, -0.25) is 0 Å². The zero-order valence-electron chi connectivity index (χ0n) is 16.9. The first-order chi connectivity index (χ1) is 13.1. The monoisotopic (exact) mass is 374 g/mol. The van der Waals surface area contributed by atoms with Gasteiger partial charge in [-0.15, -0.1) is 0 Å². The molecular formula is C25H36F2. The molecule has 3 aliphatic carbocycles. The molecule has 1 aromatic carbocycles. The van der Waals surface area contributed by atoms with Crippen LogP contribution in [0.1, 0.15) is 83.1 Å². The molecule has 0 saturated heterocycles. The standard InChI is InChI=1S/C25H36F2/c1-2-3-17-6-10-24-20(12-17)8-9-21-13-18(7-11-25(21)24)4-5-19-14-22(26)16-23(27)15-19/h14-18,20-21,24-25H,2-13H2,1H3. The maximum absolute atomic E-state index is 13.4. The van der Waals surface area contributed by atoms with Gasteiger partial charge in [-0.2, -0.15) is 0 Å². The lowest BCUT2D eigenvalue weighted by Crippen LogP contribution is -2.41. The largest absolute Gasteiger partial charge is 0.207 e. The van der Waals surface area contributed by atoms with E-state index in [2.05, 4.69) is 6.92 Å². The highest BCUT2D eigenvalue weighted by Gasteiger charge is 2.44. The summed E-state index contributed by atoms with van der Waals surface area (Å²) in [5.74, 6) is 4.82. The minimum atomic E-state index is -0.439. The summed E-state index contributed by atoms with van der Waals surface area (Å²) < 4.78 is 26.8. The molecule has 0 radical (unpaired) electrons. The van der Waals surface area contributed by atoms with Crippen molar-refractivity contribution in [1.29, 1.82) is 0 Å². The summed E-state index contributed by atoms with van der Waals surface area (Å²) in [6, 6.07) is 3.99. The second-order valence-electron chi connectivity index (χ2n) is 9.89. The van der Waals surface area contributed by atoms with Crippen molar-refractivity contribution < 1.29 is 8.78 Å². The molecule has 0 nitrogen and oxygen atoms in total. The third-order valence-corrected chi connectivity index (χ3v) is 8.22. The minimum absolute atomic E-state index is 0.439. The fraction of sp³-hybridized carbons (Fsp3) is 0.760.